The van der Waals surface area contributed by atoms with E-state index in [4.69, 9.17) is 4.74 Å². The first-order valence-electron chi connectivity index (χ1n) is 6.46. The number of methoxy groups -OCH3 is 1. The second kappa shape index (κ2) is 6.33. The van der Waals surface area contributed by atoms with Crippen LogP contribution in [0.25, 0.3) is 0 Å². The Bertz CT molecular complexity index is 512. The third-order valence-corrected chi connectivity index (χ3v) is 3.31. The van der Waals surface area contributed by atoms with Gasteiger partial charge in [0.05, 0.1) is 18.0 Å². The Kier molecular flexibility index (Phi) is 4.52. The van der Waals surface area contributed by atoms with Crippen LogP contribution in [0.4, 0.5) is 11.4 Å². The zero-order valence-corrected chi connectivity index (χ0v) is 11.2. The number of nitrogens with zero attached hydrogens (tertiary/aromatic N) is 1. The van der Waals surface area contributed by atoms with E-state index in [1.54, 1.807) is 6.07 Å². The topological polar surface area (TPSA) is 93.5 Å². The molecule has 1 aromatic rings. The van der Waals surface area contributed by atoms with E-state index in [2.05, 4.69) is 10.6 Å². The number of nitro groups is 1. The number of nitro benzene ring substituents is 1. The average Bonchev–Trinajstić information content (AvgIpc) is 2.48. The molecule has 0 spiro atoms. The summed E-state index contributed by atoms with van der Waals surface area (Å²) in [4.78, 5) is 22.4. The quantitative estimate of drug-likeness (QED) is 0.644. The highest BCUT2D eigenvalue weighted by Crippen LogP contribution is 2.30. The monoisotopic (exact) mass is 279 g/mol. The first kappa shape index (κ1) is 14.3. The van der Waals surface area contributed by atoms with Gasteiger partial charge in [0.1, 0.15) is 0 Å². The van der Waals surface area contributed by atoms with Crippen LogP contribution in [0.2, 0.25) is 0 Å². The molecule has 1 amide bonds. The van der Waals surface area contributed by atoms with Crippen LogP contribution >= 0.6 is 0 Å². The third-order valence-electron chi connectivity index (χ3n) is 3.31. The second-order valence-corrected chi connectivity index (χ2v) is 4.68. The summed E-state index contributed by atoms with van der Waals surface area (Å²) in [6.07, 6.45) is 1.79. The molecule has 7 nitrogen and oxygen atoms in total. The number of carbonyl (C=O) groups excluding carboxylic acids is 1. The smallest absolute Gasteiger partial charge is 0.312 e. The molecule has 1 aliphatic rings. The highest BCUT2D eigenvalue weighted by atomic mass is 16.6. The van der Waals surface area contributed by atoms with Crippen LogP contribution in [0.1, 0.15) is 12.8 Å². The van der Waals surface area contributed by atoms with Crippen molar-refractivity contribution in [1.29, 1.82) is 0 Å². The molecule has 1 aliphatic heterocycles. The largest absolute Gasteiger partial charge is 0.490 e. The minimum Gasteiger partial charge on any atom is -0.490 e. The fourth-order valence-electron chi connectivity index (χ4n) is 2.23. The van der Waals surface area contributed by atoms with Gasteiger partial charge in [0.25, 0.3) is 0 Å². The molecule has 1 fully saturated rings. The minimum atomic E-state index is -0.531. The van der Waals surface area contributed by atoms with Gasteiger partial charge in [0.2, 0.25) is 5.91 Å². The highest BCUT2D eigenvalue weighted by molar-refractivity contribution is 5.93. The van der Waals surface area contributed by atoms with E-state index in [0.29, 0.717) is 12.2 Å². The van der Waals surface area contributed by atoms with Crippen LogP contribution in [-0.2, 0) is 4.79 Å². The highest BCUT2D eigenvalue weighted by Gasteiger charge is 2.22. The van der Waals surface area contributed by atoms with Gasteiger partial charge in [-0.05, 0) is 31.5 Å². The van der Waals surface area contributed by atoms with E-state index in [1.165, 1.54) is 19.2 Å². The Labute approximate surface area is 116 Å². The van der Waals surface area contributed by atoms with Crippen LogP contribution in [0.3, 0.4) is 0 Å². The standard InChI is InChI=1S/C13H17N3O4/c1-20-12-5-4-10(7-11(12)16(18)19)15-13(17)9-3-2-6-14-8-9/h4-5,7,9,14H,2-3,6,8H2,1H3,(H,15,17)/t9-/m0/s1. The van der Waals surface area contributed by atoms with Gasteiger partial charge in [0, 0.05) is 18.3 Å². The van der Waals surface area contributed by atoms with E-state index >= 15 is 0 Å². The summed E-state index contributed by atoms with van der Waals surface area (Å²) in [5.74, 6) is -0.0334. The van der Waals surface area contributed by atoms with Gasteiger partial charge < -0.3 is 15.4 Å². The Morgan fingerprint density at radius 1 is 1.55 bits per heavy atom. The summed E-state index contributed by atoms with van der Waals surface area (Å²) in [5.41, 5.74) is 0.250. The molecule has 0 aromatic heterocycles. The van der Waals surface area contributed by atoms with Crippen LogP contribution in [-0.4, -0.2) is 31.0 Å². The number of benzene rings is 1. The molecule has 1 heterocycles. The number of hydrogen-bond donors (Lipinski definition) is 2. The first-order valence-corrected chi connectivity index (χ1v) is 6.46. The van der Waals surface area contributed by atoms with E-state index in [9.17, 15) is 14.9 Å². The van der Waals surface area contributed by atoms with Crippen molar-refractivity contribution in [2.45, 2.75) is 12.8 Å². The Morgan fingerprint density at radius 2 is 2.35 bits per heavy atom. The van der Waals surface area contributed by atoms with Gasteiger partial charge in [0.15, 0.2) is 5.75 Å². The number of carbonyl (C=O) groups is 1. The second-order valence-electron chi connectivity index (χ2n) is 4.68. The molecule has 1 atom stereocenters. The van der Waals surface area contributed by atoms with Gasteiger partial charge in [-0.3, -0.25) is 14.9 Å². The molecule has 1 saturated heterocycles. The predicted molar refractivity (Wildman–Crippen MR) is 73.9 cm³/mol. The number of amides is 1. The van der Waals surface area contributed by atoms with Gasteiger partial charge in [-0.2, -0.15) is 0 Å². The van der Waals surface area contributed by atoms with Crippen LogP contribution in [0.5, 0.6) is 5.75 Å². The van der Waals surface area contributed by atoms with Gasteiger partial charge >= 0.3 is 5.69 Å². The molecule has 0 aliphatic carbocycles. The van der Waals surface area contributed by atoms with Crippen molar-refractivity contribution in [1.82, 2.24) is 5.32 Å². The Balaban J connectivity index is 2.10. The summed E-state index contributed by atoms with van der Waals surface area (Å²) in [5, 5.41) is 16.8. The molecule has 2 N–H and O–H groups in total. The Hall–Kier alpha value is -2.15. The SMILES string of the molecule is COc1ccc(NC(=O)[C@H]2CCCNC2)cc1[N+](=O)[O-]. The fourth-order valence-corrected chi connectivity index (χ4v) is 2.23. The van der Waals surface area contributed by atoms with E-state index in [0.717, 1.165) is 19.4 Å². The number of nitrogens with one attached hydrogen (secondary N) is 2. The van der Waals surface area contributed by atoms with Gasteiger partial charge in [-0.25, -0.2) is 0 Å². The minimum absolute atomic E-state index is 0.0927. The lowest BCUT2D eigenvalue weighted by Gasteiger charge is -2.21. The number of piperidine rings is 1. The predicted octanol–water partition coefficient (Wildman–Crippen LogP) is 1.54. The molecule has 7 heteroatoms. The summed E-state index contributed by atoms with van der Waals surface area (Å²) in [7, 11) is 1.37. The molecule has 108 valence electrons. The maximum Gasteiger partial charge on any atom is 0.312 e. The van der Waals surface area contributed by atoms with Gasteiger partial charge in [-0.1, -0.05) is 0 Å². The van der Waals surface area contributed by atoms with Crippen molar-refractivity contribution in [3.63, 3.8) is 0 Å². The lowest BCUT2D eigenvalue weighted by atomic mass is 9.99. The molecular weight excluding hydrogens is 262 g/mol. The summed E-state index contributed by atoms with van der Waals surface area (Å²) in [6.45, 7) is 1.57. The lowest BCUT2D eigenvalue weighted by molar-refractivity contribution is -0.385. The van der Waals surface area contributed by atoms with Crippen molar-refractivity contribution in [2.75, 3.05) is 25.5 Å². The number of ether oxygens (including phenoxy) is 1. The molecule has 0 radical (unpaired) electrons. The van der Waals surface area contributed by atoms with Crippen molar-refractivity contribution >= 4 is 17.3 Å². The molecule has 0 saturated carbocycles. The number of anilines is 1. The zero-order valence-electron chi connectivity index (χ0n) is 11.2. The zero-order chi connectivity index (χ0) is 14.5. The van der Waals surface area contributed by atoms with Crippen LogP contribution < -0.4 is 15.4 Å². The normalized spacial score (nSPS) is 18.4. The summed E-state index contributed by atoms with van der Waals surface area (Å²) >= 11 is 0. The maximum atomic E-state index is 12.1. The number of hydrogen-bond acceptors (Lipinski definition) is 5. The molecule has 0 bridgehead atoms. The fraction of sp³-hybridized carbons (Fsp3) is 0.462. The van der Waals surface area contributed by atoms with Crippen molar-refractivity contribution in [3.05, 3.63) is 28.3 Å². The van der Waals surface area contributed by atoms with E-state index < -0.39 is 4.92 Å². The summed E-state index contributed by atoms with van der Waals surface area (Å²) in [6, 6.07) is 4.39. The van der Waals surface area contributed by atoms with Crippen molar-refractivity contribution in [3.8, 4) is 5.75 Å². The third kappa shape index (κ3) is 3.24. The first-order chi connectivity index (χ1) is 9.61. The average molecular weight is 279 g/mol. The molecular formula is C13H17N3O4. The van der Waals surface area contributed by atoms with E-state index in [-0.39, 0.29) is 23.3 Å². The van der Waals surface area contributed by atoms with Gasteiger partial charge in [-0.15, -0.1) is 0 Å². The van der Waals surface area contributed by atoms with Crippen LogP contribution in [0.15, 0.2) is 18.2 Å². The summed E-state index contributed by atoms with van der Waals surface area (Å²) < 4.78 is 4.92. The molecule has 1 aromatic carbocycles. The van der Waals surface area contributed by atoms with Crippen molar-refractivity contribution in [2.24, 2.45) is 5.92 Å². The molecule has 0 unspecified atom stereocenters. The maximum absolute atomic E-state index is 12.1. The number of rotatable bonds is 4. The Morgan fingerprint density at radius 3 is 2.95 bits per heavy atom. The lowest BCUT2D eigenvalue weighted by Crippen LogP contribution is -2.37. The van der Waals surface area contributed by atoms with Crippen LogP contribution in [0, 0.1) is 16.0 Å². The van der Waals surface area contributed by atoms with Crippen molar-refractivity contribution < 1.29 is 14.5 Å². The molecule has 20 heavy (non-hydrogen) atoms. The van der Waals surface area contributed by atoms with E-state index in [1.807, 2.05) is 0 Å². The molecule has 2 rings (SSSR count).